The Kier molecular flexibility index (Phi) is 9.80. The quantitative estimate of drug-likeness (QED) is 0.210. The van der Waals surface area contributed by atoms with Crippen LogP contribution in [0.25, 0.3) is 0 Å². The average molecular weight is 584 g/mol. The lowest BCUT2D eigenvalue weighted by Gasteiger charge is -2.58. The highest BCUT2D eigenvalue weighted by Gasteiger charge is 2.59. The molecule has 0 radical (unpaired) electrons. The summed E-state index contributed by atoms with van der Waals surface area (Å²) in [5.41, 5.74) is 2.21. The number of carbonyl (C=O) groups is 1. The van der Waals surface area contributed by atoms with Crippen LogP contribution >= 0.6 is 34.8 Å². The van der Waals surface area contributed by atoms with Crippen molar-refractivity contribution in [2.45, 2.75) is 112 Å². The number of fused-ring (bicyclic) bond motifs is 5. The Morgan fingerprint density at radius 2 is 1.79 bits per heavy atom. The predicted molar refractivity (Wildman–Crippen MR) is 161 cm³/mol. The second kappa shape index (κ2) is 12.2. The van der Waals surface area contributed by atoms with E-state index in [9.17, 15) is 4.79 Å². The summed E-state index contributed by atoms with van der Waals surface area (Å²) >= 11 is 17.4. The molecule has 3 saturated carbocycles. The van der Waals surface area contributed by atoms with E-state index in [0.717, 1.165) is 42.9 Å². The zero-order chi connectivity index (χ0) is 27.8. The normalized spacial score (nSPS) is 38.2. The molecule has 0 aromatic carbocycles. The van der Waals surface area contributed by atoms with Gasteiger partial charge in [-0.25, -0.2) is 0 Å². The second-order valence-corrected chi connectivity index (χ2v) is 15.2. The number of ether oxygens (including phenoxy) is 1. The van der Waals surface area contributed by atoms with Crippen LogP contribution in [0.3, 0.4) is 0 Å². The van der Waals surface area contributed by atoms with Gasteiger partial charge in [0.15, 0.2) is 0 Å². The zero-order valence-electron chi connectivity index (χ0n) is 24.4. The van der Waals surface area contributed by atoms with Crippen molar-refractivity contribution in [2.24, 2.45) is 52.3 Å². The number of rotatable bonds is 8. The average Bonchev–Trinajstić information content (AvgIpc) is 3.21. The molecule has 0 aromatic heterocycles. The van der Waals surface area contributed by atoms with Crippen LogP contribution in [0.2, 0.25) is 0 Å². The lowest BCUT2D eigenvalue weighted by Crippen LogP contribution is -2.51. The molecule has 0 spiro atoms. The maximum absolute atomic E-state index is 12.4. The fourth-order valence-corrected chi connectivity index (χ4v) is 9.58. The van der Waals surface area contributed by atoms with E-state index in [1.54, 1.807) is 0 Å². The number of halogens is 3. The molecule has 4 aliphatic rings. The Morgan fingerprint density at radius 3 is 2.45 bits per heavy atom. The summed E-state index contributed by atoms with van der Waals surface area (Å²) in [7, 11) is 0. The molecule has 2 nitrogen and oxygen atoms in total. The van der Waals surface area contributed by atoms with Crippen LogP contribution in [-0.2, 0) is 9.53 Å². The summed E-state index contributed by atoms with van der Waals surface area (Å²) in [5.74, 6) is 4.88. The molecule has 4 aliphatic carbocycles. The summed E-state index contributed by atoms with van der Waals surface area (Å²) in [5, 5.41) is 0.147. The molecular weight excluding hydrogens is 535 g/mol. The molecule has 0 amide bonds. The molecule has 0 bridgehead atoms. The van der Waals surface area contributed by atoms with Gasteiger partial charge in [-0.05, 0) is 104 Å². The molecule has 4 rings (SSSR count). The van der Waals surface area contributed by atoms with Gasteiger partial charge in [0.25, 0.3) is 0 Å². The van der Waals surface area contributed by atoms with E-state index in [0.29, 0.717) is 23.2 Å². The van der Waals surface area contributed by atoms with Crippen molar-refractivity contribution in [3.8, 4) is 0 Å². The monoisotopic (exact) mass is 582 g/mol. The fraction of sp³-hybridized carbons (Fsp3) is 0.788. The highest BCUT2D eigenvalue weighted by Crippen LogP contribution is 2.67. The standard InChI is InChI=1S/C33H49Cl3O2/c1-7-22(20(2)3)9-8-21(4)26-12-13-27-25-11-10-23-18-24(38-30(37)19-29(34)31(35)36)14-16-32(23,5)28(25)15-17-33(26,27)6/h8-10,20-22,24-28H,7,11-19H2,1-6H3. The van der Waals surface area contributed by atoms with Gasteiger partial charge in [0.2, 0.25) is 0 Å². The highest BCUT2D eigenvalue weighted by molar-refractivity contribution is 6.59. The van der Waals surface area contributed by atoms with Crippen molar-refractivity contribution in [2.75, 3.05) is 0 Å². The molecule has 0 heterocycles. The van der Waals surface area contributed by atoms with Gasteiger partial charge in [-0.15, -0.1) is 0 Å². The first kappa shape index (κ1) is 30.5. The Hall–Kier alpha value is -0.440. The number of allylic oxidation sites excluding steroid dienone is 3. The lowest BCUT2D eigenvalue weighted by atomic mass is 9.47. The number of carbonyl (C=O) groups excluding carboxylic acids is 1. The molecule has 0 aromatic rings. The summed E-state index contributed by atoms with van der Waals surface area (Å²) < 4.78 is 5.74. The fourth-order valence-electron chi connectivity index (χ4n) is 9.34. The van der Waals surface area contributed by atoms with E-state index in [2.05, 4.69) is 59.8 Å². The SMILES string of the molecule is CCC(C=CC(C)C1CCC2C3CC=C4CC(OC(=O)CC(Cl)=C(Cl)Cl)CCC4(C)C3CCC12C)C(C)C. The van der Waals surface area contributed by atoms with Crippen LogP contribution in [0.5, 0.6) is 0 Å². The Labute approximate surface area is 247 Å². The van der Waals surface area contributed by atoms with Crippen LogP contribution in [0, 0.1) is 52.3 Å². The van der Waals surface area contributed by atoms with Gasteiger partial charge in [-0.2, -0.15) is 0 Å². The molecule has 0 aliphatic heterocycles. The topological polar surface area (TPSA) is 26.3 Å². The third-order valence-electron chi connectivity index (χ3n) is 11.6. The molecule has 0 N–H and O–H groups in total. The third kappa shape index (κ3) is 5.94. The van der Waals surface area contributed by atoms with Gasteiger partial charge < -0.3 is 4.74 Å². The maximum atomic E-state index is 12.4. The van der Waals surface area contributed by atoms with Gasteiger partial charge in [-0.1, -0.05) is 100 Å². The summed E-state index contributed by atoms with van der Waals surface area (Å²) in [4.78, 5) is 12.4. The zero-order valence-corrected chi connectivity index (χ0v) is 26.6. The third-order valence-corrected chi connectivity index (χ3v) is 12.5. The van der Waals surface area contributed by atoms with Gasteiger partial charge in [-0.3, -0.25) is 4.79 Å². The molecular formula is C33H49Cl3O2. The number of hydrogen-bond donors (Lipinski definition) is 0. The highest BCUT2D eigenvalue weighted by atomic mass is 35.5. The Morgan fingerprint density at radius 1 is 1.05 bits per heavy atom. The van der Waals surface area contributed by atoms with Gasteiger partial charge in [0.1, 0.15) is 10.6 Å². The van der Waals surface area contributed by atoms with Crippen LogP contribution in [-0.4, -0.2) is 12.1 Å². The minimum Gasteiger partial charge on any atom is -0.462 e. The van der Waals surface area contributed by atoms with E-state index >= 15 is 0 Å². The van der Waals surface area contributed by atoms with Gasteiger partial charge in [0, 0.05) is 6.42 Å². The lowest BCUT2D eigenvalue weighted by molar-refractivity contribution is -0.150. The van der Waals surface area contributed by atoms with Crippen molar-refractivity contribution < 1.29 is 9.53 Å². The van der Waals surface area contributed by atoms with Crippen molar-refractivity contribution in [1.82, 2.24) is 0 Å². The molecule has 0 saturated heterocycles. The molecule has 9 atom stereocenters. The van der Waals surface area contributed by atoms with Crippen molar-refractivity contribution in [1.29, 1.82) is 0 Å². The van der Waals surface area contributed by atoms with Crippen LogP contribution in [0.4, 0.5) is 0 Å². The minimum absolute atomic E-state index is 0.0625. The smallest absolute Gasteiger partial charge is 0.311 e. The molecule has 214 valence electrons. The Bertz CT molecular complexity index is 963. The summed E-state index contributed by atoms with van der Waals surface area (Å²) in [6.07, 6.45) is 18.3. The van der Waals surface area contributed by atoms with Gasteiger partial charge in [0.05, 0.1) is 11.5 Å². The molecule has 3 fully saturated rings. The van der Waals surface area contributed by atoms with E-state index in [-0.39, 0.29) is 33.4 Å². The predicted octanol–water partition coefficient (Wildman–Crippen LogP) is 10.6. The van der Waals surface area contributed by atoms with E-state index in [1.807, 2.05) is 0 Å². The van der Waals surface area contributed by atoms with E-state index in [1.165, 1.54) is 44.1 Å². The van der Waals surface area contributed by atoms with Crippen LogP contribution < -0.4 is 0 Å². The van der Waals surface area contributed by atoms with Crippen molar-refractivity contribution >= 4 is 40.8 Å². The van der Waals surface area contributed by atoms with Crippen LogP contribution in [0.15, 0.2) is 33.3 Å². The van der Waals surface area contributed by atoms with E-state index in [4.69, 9.17) is 39.5 Å². The summed E-state index contributed by atoms with van der Waals surface area (Å²) in [6.45, 7) is 14.7. The summed E-state index contributed by atoms with van der Waals surface area (Å²) in [6, 6.07) is 0. The van der Waals surface area contributed by atoms with Crippen molar-refractivity contribution in [3.63, 3.8) is 0 Å². The maximum Gasteiger partial charge on any atom is 0.311 e. The first-order valence-corrected chi connectivity index (χ1v) is 16.3. The number of hydrogen-bond acceptors (Lipinski definition) is 2. The first-order chi connectivity index (χ1) is 17.9. The molecule has 9 unspecified atom stereocenters. The number of esters is 1. The van der Waals surface area contributed by atoms with Crippen LogP contribution in [0.1, 0.15) is 106 Å². The Balaban J connectivity index is 1.44. The van der Waals surface area contributed by atoms with Gasteiger partial charge >= 0.3 is 5.97 Å². The van der Waals surface area contributed by atoms with E-state index < -0.39 is 0 Å². The largest absolute Gasteiger partial charge is 0.462 e. The van der Waals surface area contributed by atoms with Crippen molar-refractivity contribution in [3.05, 3.63) is 33.3 Å². The minimum atomic E-state index is -0.344. The molecule has 38 heavy (non-hydrogen) atoms. The molecule has 5 heteroatoms. The first-order valence-electron chi connectivity index (χ1n) is 15.2. The second-order valence-electron chi connectivity index (χ2n) is 13.7.